The molecule has 78 valence electrons. The molecule has 2 aromatic heterocycles. The molecular formula is C11H13N3S. The smallest absolute Gasteiger partial charge is 0.124 e. The number of hydrogen-bond acceptors (Lipinski definition) is 3. The van der Waals surface area contributed by atoms with Gasteiger partial charge in [0, 0.05) is 19.2 Å². The molecule has 1 unspecified atom stereocenters. The van der Waals surface area contributed by atoms with Gasteiger partial charge in [-0.2, -0.15) is 5.10 Å². The highest BCUT2D eigenvalue weighted by Crippen LogP contribution is 2.28. The molecule has 0 saturated heterocycles. The maximum absolute atomic E-state index is 4.61. The molecule has 4 heteroatoms. The van der Waals surface area contributed by atoms with Crippen LogP contribution in [0.5, 0.6) is 0 Å². The van der Waals surface area contributed by atoms with Crippen molar-refractivity contribution in [2.45, 2.75) is 13.5 Å². The Labute approximate surface area is 92.7 Å². The average molecular weight is 219 g/mol. The van der Waals surface area contributed by atoms with E-state index in [1.807, 2.05) is 0 Å². The predicted octanol–water partition coefficient (Wildman–Crippen LogP) is 2.67. The summed E-state index contributed by atoms with van der Waals surface area (Å²) in [6, 6.07) is 6.31. The third kappa shape index (κ3) is 1.55. The Morgan fingerprint density at radius 1 is 1.60 bits per heavy atom. The summed E-state index contributed by atoms with van der Waals surface area (Å²) in [5.41, 5.74) is 1.08. The maximum Gasteiger partial charge on any atom is 0.124 e. The number of anilines is 1. The van der Waals surface area contributed by atoms with E-state index in [4.69, 9.17) is 0 Å². The molecule has 3 heterocycles. The van der Waals surface area contributed by atoms with Gasteiger partial charge in [0.15, 0.2) is 0 Å². The van der Waals surface area contributed by atoms with Crippen molar-refractivity contribution in [3.63, 3.8) is 0 Å². The summed E-state index contributed by atoms with van der Waals surface area (Å²) in [6.45, 7) is 4.31. The summed E-state index contributed by atoms with van der Waals surface area (Å²) < 4.78 is 2.07. The van der Waals surface area contributed by atoms with Gasteiger partial charge in [0.25, 0.3) is 0 Å². The normalized spacial score (nSPS) is 19.7. The minimum atomic E-state index is 0.661. The Balaban J connectivity index is 2.00. The van der Waals surface area contributed by atoms with Crippen molar-refractivity contribution in [3.8, 4) is 10.6 Å². The van der Waals surface area contributed by atoms with Crippen molar-refractivity contribution in [2.24, 2.45) is 5.92 Å². The first-order chi connectivity index (χ1) is 7.33. The minimum absolute atomic E-state index is 0.661. The standard InChI is InChI=1S/C11H13N3S/c1-8-6-12-11-5-9(13-14(11)7-8)10-3-2-4-15-10/h2-5,8,12H,6-7H2,1H3. The monoisotopic (exact) mass is 219 g/mol. The molecule has 1 atom stereocenters. The lowest BCUT2D eigenvalue weighted by atomic mass is 10.1. The Hall–Kier alpha value is -1.29. The van der Waals surface area contributed by atoms with Crippen LogP contribution >= 0.6 is 11.3 Å². The number of nitrogens with zero attached hydrogens (tertiary/aromatic N) is 2. The van der Waals surface area contributed by atoms with Crippen LogP contribution in [0.2, 0.25) is 0 Å². The van der Waals surface area contributed by atoms with E-state index in [0.29, 0.717) is 5.92 Å². The molecule has 0 radical (unpaired) electrons. The molecule has 0 fully saturated rings. The van der Waals surface area contributed by atoms with Crippen LogP contribution in [0.4, 0.5) is 5.82 Å². The SMILES string of the molecule is CC1CNc2cc(-c3cccs3)nn2C1. The molecule has 3 rings (SSSR count). The predicted molar refractivity (Wildman–Crippen MR) is 63.2 cm³/mol. The van der Waals surface area contributed by atoms with Crippen molar-refractivity contribution in [3.05, 3.63) is 23.6 Å². The van der Waals surface area contributed by atoms with E-state index in [-0.39, 0.29) is 0 Å². The van der Waals surface area contributed by atoms with Crippen molar-refractivity contribution in [1.29, 1.82) is 0 Å². The van der Waals surface area contributed by atoms with Gasteiger partial charge < -0.3 is 5.32 Å². The second-order valence-electron chi connectivity index (χ2n) is 4.06. The van der Waals surface area contributed by atoms with Crippen LogP contribution in [0.25, 0.3) is 10.6 Å². The van der Waals surface area contributed by atoms with E-state index in [1.165, 1.54) is 4.88 Å². The lowest BCUT2D eigenvalue weighted by molar-refractivity contribution is 0.446. The summed E-state index contributed by atoms with van der Waals surface area (Å²) in [6.07, 6.45) is 0. The van der Waals surface area contributed by atoms with Crippen LogP contribution in [0.3, 0.4) is 0 Å². The van der Waals surface area contributed by atoms with Gasteiger partial charge in [-0.1, -0.05) is 13.0 Å². The summed E-state index contributed by atoms with van der Waals surface area (Å²) in [4.78, 5) is 1.24. The Morgan fingerprint density at radius 2 is 2.53 bits per heavy atom. The van der Waals surface area contributed by atoms with E-state index in [0.717, 1.165) is 24.6 Å². The second-order valence-corrected chi connectivity index (χ2v) is 5.01. The first-order valence-electron chi connectivity index (χ1n) is 5.18. The van der Waals surface area contributed by atoms with Crippen LogP contribution in [-0.4, -0.2) is 16.3 Å². The Kier molecular flexibility index (Phi) is 2.02. The van der Waals surface area contributed by atoms with Crippen molar-refractivity contribution < 1.29 is 0 Å². The van der Waals surface area contributed by atoms with Gasteiger partial charge in [0.05, 0.1) is 4.88 Å². The summed E-state index contributed by atoms with van der Waals surface area (Å²) in [5, 5.41) is 10.1. The molecule has 2 aromatic rings. The molecule has 0 bridgehead atoms. The maximum atomic E-state index is 4.61. The van der Waals surface area contributed by atoms with Crippen LogP contribution < -0.4 is 5.32 Å². The van der Waals surface area contributed by atoms with E-state index in [9.17, 15) is 0 Å². The summed E-state index contributed by atoms with van der Waals surface area (Å²) in [5.74, 6) is 1.81. The fourth-order valence-electron chi connectivity index (χ4n) is 1.88. The zero-order valence-electron chi connectivity index (χ0n) is 8.60. The lowest BCUT2D eigenvalue weighted by Gasteiger charge is -2.21. The highest BCUT2D eigenvalue weighted by Gasteiger charge is 2.17. The van der Waals surface area contributed by atoms with Crippen molar-refractivity contribution in [1.82, 2.24) is 9.78 Å². The fraction of sp³-hybridized carbons (Fsp3) is 0.364. The number of hydrogen-bond donors (Lipinski definition) is 1. The van der Waals surface area contributed by atoms with E-state index in [1.54, 1.807) is 11.3 Å². The Bertz CT molecular complexity index is 458. The summed E-state index contributed by atoms with van der Waals surface area (Å²) >= 11 is 1.74. The van der Waals surface area contributed by atoms with Crippen LogP contribution in [-0.2, 0) is 6.54 Å². The van der Waals surface area contributed by atoms with Gasteiger partial charge in [-0.05, 0) is 17.4 Å². The molecule has 0 aromatic carbocycles. The highest BCUT2D eigenvalue weighted by atomic mass is 32.1. The van der Waals surface area contributed by atoms with Gasteiger partial charge in [-0.15, -0.1) is 11.3 Å². The third-order valence-electron chi connectivity index (χ3n) is 2.67. The molecule has 1 N–H and O–H groups in total. The Morgan fingerprint density at radius 3 is 3.33 bits per heavy atom. The molecule has 3 nitrogen and oxygen atoms in total. The molecule has 0 amide bonds. The molecular weight excluding hydrogens is 206 g/mol. The molecule has 1 aliphatic heterocycles. The quantitative estimate of drug-likeness (QED) is 0.799. The van der Waals surface area contributed by atoms with Crippen LogP contribution in [0, 0.1) is 5.92 Å². The van der Waals surface area contributed by atoms with Crippen LogP contribution in [0.1, 0.15) is 6.92 Å². The van der Waals surface area contributed by atoms with Gasteiger partial charge >= 0.3 is 0 Å². The van der Waals surface area contributed by atoms with Gasteiger partial charge in [-0.25, -0.2) is 4.68 Å². The fourth-order valence-corrected chi connectivity index (χ4v) is 2.56. The van der Waals surface area contributed by atoms with Gasteiger partial charge in [0.2, 0.25) is 0 Å². The molecule has 0 aliphatic carbocycles. The molecule has 0 spiro atoms. The van der Waals surface area contributed by atoms with E-state index in [2.05, 4.69) is 45.6 Å². The van der Waals surface area contributed by atoms with Gasteiger partial charge in [0.1, 0.15) is 11.5 Å². The zero-order chi connectivity index (χ0) is 10.3. The van der Waals surface area contributed by atoms with Crippen molar-refractivity contribution >= 4 is 17.2 Å². The van der Waals surface area contributed by atoms with E-state index >= 15 is 0 Å². The van der Waals surface area contributed by atoms with Crippen LogP contribution in [0.15, 0.2) is 23.6 Å². The minimum Gasteiger partial charge on any atom is -0.370 e. The first kappa shape index (κ1) is 8.97. The number of aromatic nitrogens is 2. The van der Waals surface area contributed by atoms with Gasteiger partial charge in [-0.3, -0.25) is 0 Å². The molecule has 15 heavy (non-hydrogen) atoms. The highest BCUT2D eigenvalue weighted by molar-refractivity contribution is 7.13. The number of fused-ring (bicyclic) bond motifs is 1. The molecule has 0 saturated carbocycles. The second kappa shape index (κ2) is 3.38. The zero-order valence-corrected chi connectivity index (χ0v) is 9.42. The first-order valence-corrected chi connectivity index (χ1v) is 6.06. The summed E-state index contributed by atoms with van der Waals surface area (Å²) in [7, 11) is 0. The average Bonchev–Trinajstić information content (AvgIpc) is 2.84. The topological polar surface area (TPSA) is 29.9 Å². The largest absolute Gasteiger partial charge is 0.370 e. The van der Waals surface area contributed by atoms with E-state index < -0.39 is 0 Å². The van der Waals surface area contributed by atoms with Crippen molar-refractivity contribution in [2.75, 3.05) is 11.9 Å². The lowest BCUT2D eigenvalue weighted by Crippen LogP contribution is -2.25. The number of nitrogens with one attached hydrogen (secondary N) is 1. The third-order valence-corrected chi connectivity index (χ3v) is 3.56. The molecule has 1 aliphatic rings. The number of rotatable bonds is 1. The number of thiophene rings is 1.